The van der Waals surface area contributed by atoms with Gasteiger partial charge in [-0.1, -0.05) is 0 Å². The molecule has 6 heteroatoms. The predicted molar refractivity (Wildman–Crippen MR) is 74.7 cm³/mol. The van der Waals surface area contributed by atoms with Crippen molar-refractivity contribution in [2.24, 2.45) is 0 Å². The number of fused-ring (bicyclic) bond motifs is 1. The van der Waals surface area contributed by atoms with Crippen LogP contribution in [0.25, 0.3) is 5.52 Å². The number of nitrogens with zero attached hydrogens (tertiary/aromatic N) is 2. The SMILES string of the molecule is O=C(O)c1nc(C2CCCNC2)n2cccc(Br)c12. The van der Waals surface area contributed by atoms with Crippen molar-refractivity contribution >= 4 is 27.4 Å². The molecule has 0 aliphatic carbocycles. The third-order valence-corrected chi connectivity index (χ3v) is 4.15. The summed E-state index contributed by atoms with van der Waals surface area (Å²) in [6, 6.07) is 3.73. The average Bonchev–Trinajstić information content (AvgIpc) is 2.81. The van der Waals surface area contributed by atoms with Crippen LogP contribution in [0.1, 0.15) is 35.1 Å². The molecule has 3 rings (SSSR count). The van der Waals surface area contributed by atoms with Gasteiger partial charge in [-0.3, -0.25) is 0 Å². The molecule has 5 nitrogen and oxygen atoms in total. The zero-order valence-electron chi connectivity index (χ0n) is 10.3. The quantitative estimate of drug-likeness (QED) is 0.889. The fourth-order valence-corrected chi connectivity index (χ4v) is 3.16. The molecule has 0 amide bonds. The molecule has 1 saturated heterocycles. The van der Waals surface area contributed by atoms with Gasteiger partial charge in [-0.2, -0.15) is 0 Å². The van der Waals surface area contributed by atoms with Gasteiger partial charge in [0.2, 0.25) is 0 Å². The largest absolute Gasteiger partial charge is 0.476 e. The van der Waals surface area contributed by atoms with E-state index in [2.05, 4.69) is 26.2 Å². The Bertz CT molecular complexity index is 632. The van der Waals surface area contributed by atoms with Crippen molar-refractivity contribution in [3.63, 3.8) is 0 Å². The molecule has 19 heavy (non-hydrogen) atoms. The average molecular weight is 324 g/mol. The number of carboxylic acids is 1. The first-order chi connectivity index (χ1) is 9.18. The van der Waals surface area contributed by atoms with E-state index in [-0.39, 0.29) is 11.6 Å². The molecule has 1 aliphatic rings. The van der Waals surface area contributed by atoms with Gasteiger partial charge in [0, 0.05) is 23.1 Å². The van der Waals surface area contributed by atoms with Crippen LogP contribution in [-0.4, -0.2) is 33.6 Å². The lowest BCUT2D eigenvalue weighted by atomic mass is 9.99. The standard InChI is InChI=1S/C13H14BrN3O2/c14-9-4-2-6-17-11(9)10(13(18)19)16-12(17)8-3-1-5-15-7-8/h2,4,6,8,15H,1,3,5,7H2,(H,18,19). The Morgan fingerprint density at radius 2 is 2.42 bits per heavy atom. The summed E-state index contributed by atoms with van der Waals surface area (Å²) < 4.78 is 2.65. The molecule has 1 fully saturated rings. The van der Waals surface area contributed by atoms with Crippen molar-refractivity contribution in [1.82, 2.24) is 14.7 Å². The normalized spacial score (nSPS) is 19.7. The Balaban J connectivity index is 2.19. The molecule has 100 valence electrons. The molecule has 2 aromatic rings. The Morgan fingerprint density at radius 1 is 1.58 bits per heavy atom. The highest BCUT2D eigenvalue weighted by atomic mass is 79.9. The maximum absolute atomic E-state index is 11.4. The summed E-state index contributed by atoms with van der Waals surface area (Å²) in [4.78, 5) is 15.7. The Kier molecular flexibility index (Phi) is 3.28. The zero-order valence-corrected chi connectivity index (χ0v) is 11.9. The number of aromatic nitrogens is 2. The van der Waals surface area contributed by atoms with Crippen molar-refractivity contribution in [3.8, 4) is 0 Å². The summed E-state index contributed by atoms with van der Waals surface area (Å²) in [5.41, 5.74) is 0.753. The molecule has 0 radical (unpaired) electrons. The van der Waals surface area contributed by atoms with E-state index in [0.29, 0.717) is 5.52 Å². The van der Waals surface area contributed by atoms with Gasteiger partial charge in [0.05, 0.1) is 5.52 Å². The summed E-state index contributed by atoms with van der Waals surface area (Å²) in [5.74, 6) is 0.115. The second kappa shape index (κ2) is 4.94. The van der Waals surface area contributed by atoms with E-state index in [9.17, 15) is 9.90 Å². The molecule has 0 aromatic carbocycles. The first-order valence-corrected chi connectivity index (χ1v) is 7.08. The summed E-state index contributed by atoms with van der Waals surface area (Å²) in [6.45, 7) is 1.87. The van der Waals surface area contributed by atoms with E-state index in [1.165, 1.54) is 0 Å². The van der Waals surface area contributed by atoms with Crippen molar-refractivity contribution in [3.05, 3.63) is 34.3 Å². The predicted octanol–water partition coefficient (Wildman–Crippen LogP) is 2.26. The number of halogens is 1. The molecule has 2 aromatic heterocycles. The summed E-state index contributed by atoms with van der Waals surface area (Å²) >= 11 is 3.41. The van der Waals surface area contributed by atoms with E-state index in [1.54, 1.807) is 0 Å². The van der Waals surface area contributed by atoms with Gasteiger partial charge < -0.3 is 14.8 Å². The van der Waals surface area contributed by atoms with Crippen LogP contribution in [0.5, 0.6) is 0 Å². The molecule has 0 bridgehead atoms. The highest BCUT2D eigenvalue weighted by Crippen LogP contribution is 2.28. The van der Waals surface area contributed by atoms with Crippen molar-refractivity contribution in [1.29, 1.82) is 0 Å². The molecular weight excluding hydrogens is 310 g/mol. The van der Waals surface area contributed by atoms with E-state index >= 15 is 0 Å². The van der Waals surface area contributed by atoms with Crippen LogP contribution in [0.2, 0.25) is 0 Å². The number of piperidine rings is 1. The topological polar surface area (TPSA) is 66.6 Å². The minimum Gasteiger partial charge on any atom is -0.476 e. The molecule has 2 N–H and O–H groups in total. The number of nitrogens with one attached hydrogen (secondary N) is 1. The third kappa shape index (κ3) is 2.15. The lowest BCUT2D eigenvalue weighted by molar-refractivity contribution is 0.0693. The zero-order chi connectivity index (χ0) is 13.4. The monoisotopic (exact) mass is 323 g/mol. The molecule has 1 atom stereocenters. The third-order valence-electron chi connectivity index (χ3n) is 3.51. The van der Waals surface area contributed by atoms with Crippen LogP contribution >= 0.6 is 15.9 Å². The van der Waals surface area contributed by atoms with Crippen LogP contribution < -0.4 is 5.32 Å². The Morgan fingerprint density at radius 3 is 3.11 bits per heavy atom. The van der Waals surface area contributed by atoms with Crippen molar-refractivity contribution < 1.29 is 9.90 Å². The molecule has 1 aliphatic heterocycles. The number of pyridine rings is 1. The van der Waals surface area contributed by atoms with Gasteiger partial charge in [0.25, 0.3) is 0 Å². The van der Waals surface area contributed by atoms with Gasteiger partial charge in [-0.25, -0.2) is 9.78 Å². The number of aromatic carboxylic acids is 1. The van der Waals surface area contributed by atoms with Gasteiger partial charge in [-0.15, -0.1) is 0 Å². The first-order valence-electron chi connectivity index (χ1n) is 6.29. The molecule has 0 saturated carbocycles. The number of carbonyl (C=O) groups is 1. The minimum absolute atomic E-state index is 0.119. The fraction of sp³-hybridized carbons (Fsp3) is 0.385. The van der Waals surface area contributed by atoms with E-state index in [4.69, 9.17) is 0 Å². The lowest BCUT2D eigenvalue weighted by Crippen LogP contribution is -2.29. The second-order valence-electron chi connectivity index (χ2n) is 4.74. The van der Waals surface area contributed by atoms with Crippen molar-refractivity contribution in [2.75, 3.05) is 13.1 Å². The van der Waals surface area contributed by atoms with E-state index in [0.717, 1.165) is 36.2 Å². The summed E-state index contributed by atoms with van der Waals surface area (Å²) in [7, 11) is 0. The van der Waals surface area contributed by atoms with Crippen LogP contribution in [0.3, 0.4) is 0 Å². The lowest BCUT2D eigenvalue weighted by Gasteiger charge is -2.21. The highest BCUT2D eigenvalue weighted by molar-refractivity contribution is 9.10. The molecule has 0 spiro atoms. The maximum atomic E-state index is 11.4. The van der Waals surface area contributed by atoms with Crippen LogP contribution in [0.15, 0.2) is 22.8 Å². The number of carboxylic acid groups (broad SMARTS) is 1. The van der Waals surface area contributed by atoms with Gasteiger partial charge in [-0.05, 0) is 47.4 Å². The molecule has 3 heterocycles. The van der Waals surface area contributed by atoms with Crippen LogP contribution in [-0.2, 0) is 0 Å². The van der Waals surface area contributed by atoms with Crippen LogP contribution in [0.4, 0.5) is 0 Å². The fourth-order valence-electron chi connectivity index (χ4n) is 2.63. The summed E-state index contributed by atoms with van der Waals surface area (Å²) in [6.07, 6.45) is 4.01. The summed E-state index contributed by atoms with van der Waals surface area (Å²) in [5, 5.41) is 12.6. The minimum atomic E-state index is -0.987. The van der Waals surface area contributed by atoms with Gasteiger partial charge in [0.15, 0.2) is 5.69 Å². The van der Waals surface area contributed by atoms with Crippen LogP contribution in [0, 0.1) is 0 Å². The van der Waals surface area contributed by atoms with Crippen molar-refractivity contribution in [2.45, 2.75) is 18.8 Å². The first kappa shape index (κ1) is 12.6. The molecule has 1 unspecified atom stereocenters. The number of hydrogen-bond donors (Lipinski definition) is 2. The molecular formula is C13H14BrN3O2. The number of rotatable bonds is 2. The number of imidazole rings is 1. The highest BCUT2D eigenvalue weighted by Gasteiger charge is 2.25. The second-order valence-corrected chi connectivity index (χ2v) is 5.60. The Hall–Kier alpha value is -1.40. The number of hydrogen-bond acceptors (Lipinski definition) is 3. The smallest absolute Gasteiger partial charge is 0.356 e. The van der Waals surface area contributed by atoms with Gasteiger partial charge >= 0.3 is 5.97 Å². The Labute approximate surface area is 118 Å². The maximum Gasteiger partial charge on any atom is 0.356 e. The van der Waals surface area contributed by atoms with E-state index < -0.39 is 5.97 Å². The van der Waals surface area contributed by atoms with Gasteiger partial charge in [0.1, 0.15) is 5.82 Å². The van der Waals surface area contributed by atoms with E-state index in [1.807, 2.05) is 22.7 Å².